The van der Waals surface area contributed by atoms with Crippen molar-refractivity contribution in [1.29, 1.82) is 10.7 Å². The van der Waals surface area contributed by atoms with Gasteiger partial charge in [0.25, 0.3) is 0 Å². The zero-order chi connectivity index (χ0) is 12.7. The van der Waals surface area contributed by atoms with Crippen LogP contribution in [-0.4, -0.2) is 30.8 Å². The number of ether oxygens (including phenoxy) is 1. The number of aliphatic imine (C=N–C) groups is 1. The van der Waals surface area contributed by atoms with E-state index in [1.54, 1.807) is 0 Å². The van der Waals surface area contributed by atoms with Gasteiger partial charge >= 0.3 is 0 Å². The Labute approximate surface area is 102 Å². The molecule has 5 nitrogen and oxygen atoms in total. The van der Waals surface area contributed by atoms with Crippen LogP contribution >= 0.6 is 0 Å². The molecule has 1 heterocycles. The third-order valence-electron chi connectivity index (χ3n) is 2.40. The molecular formula is C12H18N4O. The Bertz CT molecular complexity index is 374. The lowest BCUT2D eigenvalue weighted by atomic mass is 10.2. The summed E-state index contributed by atoms with van der Waals surface area (Å²) in [5, 5.41) is 19.6. The first kappa shape index (κ1) is 13.4. The molecule has 0 aromatic rings. The molecule has 0 saturated carbocycles. The van der Waals surface area contributed by atoms with E-state index in [1.807, 2.05) is 13.0 Å². The first-order valence-corrected chi connectivity index (χ1v) is 5.74. The van der Waals surface area contributed by atoms with Crippen molar-refractivity contribution < 1.29 is 4.74 Å². The van der Waals surface area contributed by atoms with Crippen molar-refractivity contribution in [3.8, 4) is 6.07 Å². The molecule has 17 heavy (non-hydrogen) atoms. The van der Waals surface area contributed by atoms with E-state index in [9.17, 15) is 0 Å². The minimum Gasteiger partial charge on any atom is -0.377 e. The average Bonchev–Trinajstić information content (AvgIpc) is 2.24. The summed E-state index contributed by atoms with van der Waals surface area (Å²) in [6, 6.07) is 2.13. The summed E-state index contributed by atoms with van der Waals surface area (Å²) in [5.74, 6) is 0.119. The fourth-order valence-electron chi connectivity index (χ4n) is 1.35. The zero-order valence-electron chi connectivity index (χ0n) is 10.3. The van der Waals surface area contributed by atoms with E-state index in [0.29, 0.717) is 13.2 Å². The Balaban J connectivity index is 2.57. The standard InChI is InChI=1S/C12H18N4O/c1-3-4-9(2)15-6-10(5-13)12(14)16-11-7-17-8-11/h6,11H,3-4,7-8H2,1-2H3,(H2,14,16)/b10-6-,15-9+. The van der Waals surface area contributed by atoms with Crippen LogP contribution in [0.1, 0.15) is 26.7 Å². The van der Waals surface area contributed by atoms with Gasteiger partial charge in [-0.15, -0.1) is 0 Å². The molecule has 0 unspecified atom stereocenters. The largest absolute Gasteiger partial charge is 0.377 e. The predicted molar refractivity (Wildman–Crippen MR) is 67.2 cm³/mol. The monoisotopic (exact) mass is 234 g/mol. The summed E-state index contributed by atoms with van der Waals surface area (Å²) in [4.78, 5) is 4.18. The first-order valence-electron chi connectivity index (χ1n) is 5.74. The lowest BCUT2D eigenvalue weighted by Crippen LogP contribution is -2.48. The van der Waals surface area contributed by atoms with Crippen LogP contribution in [0.5, 0.6) is 0 Å². The topological polar surface area (TPSA) is 81.3 Å². The Morgan fingerprint density at radius 2 is 2.35 bits per heavy atom. The second-order valence-corrected chi connectivity index (χ2v) is 4.02. The number of nitrogens with one attached hydrogen (secondary N) is 2. The minimum atomic E-state index is 0.119. The quantitative estimate of drug-likeness (QED) is 0.431. The van der Waals surface area contributed by atoms with E-state index in [-0.39, 0.29) is 17.5 Å². The molecule has 0 bridgehead atoms. The van der Waals surface area contributed by atoms with E-state index in [4.69, 9.17) is 15.4 Å². The Hall–Kier alpha value is -1.67. The second-order valence-electron chi connectivity index (χ2n) is 4.02. The highest BCUT2D eigenvalue weighted by Crippen LogP contribution is 2.03. The summed E-state index contributed by atoms with van der Waals surface area (Å²) >= 11 is 0. The van der Waals surface area contributed by atoms with E-state index >= 15 is 0 Å². The van der Waals surface area contributed by atoms with Gasteiger partial charge in [-0.25, -0.2) is 0 Å². The number of amidine groups is 1. The highest BCUT2D eigenvalue weighted by molar-refractivity contribution is 6.00. The van der Waals surface area contributed by atoms with Gasteiger partial charge in [-0.3, -0.25) is 10.4 Å². The summed E-state index contributed by atoms with van der Waals surface area (Å²) in [5.41, 5.74) is 1.23. The fourth-order valence-corrected chi connectivity index (χ4v) is 1.35. The van der Waals surface area contributed by atoms with Crippen molar-refractivity contribution >= 4 is 11.5 Å². The van der Waals surface area contributed by atoms with Gasteiger partial charge in [0, 0.05) is 11.9 Å². The van der Waals surface area contributed by atoms with Crippen LogP contribution in [0.3, 0.4) is 0 Å². The maximum absolute atomic E-state index is 8.94. The summed E-state index contributed by atoms with van der Waals surface area (Å²) in [7, 11) is 0. The van der Waals surface area contributed by atoms with Crippen molar-refractivity contribution in [2.75, 3.05) is 13.2 Å². The number of nitrogens with zero attached hydrogens (tertiary/aromatic N) is 2. The van der Waals surface area contributed by atoms with Gasteiger partial charge in [0.2, 0.25) is 0 Å². The third kappa shape index (κ3) is 4.37. The maximum atomic E-state index is 8.94. The molecule has 1 rings (SSSR count). The Kier molecular flexibility index (Phi) is 5.37. The van der Waals surface area contributed by atoms with E-state index in [1.165, 1.54) is 6.20 Å². The van der Waals surface area contributed by atoms with Crippen molar-refractivity contribution in [1.82, 2.24) is 5.32 Å². The van der Waals surface area contributed by atoms with Gasteiger partial charge in [0.05, 0.1) is 19.3 Å². The lowest BCUT2D eigenvalue weighted by Gasteiger charge is -2.27. The van der Waals surface area contributed by atoms with Gasteiger partial charge in [0.1, 0.15) is 17.5 Å². The molecule has 1 fully saturated rings. The van der Waals surface area contributed by atoms with Gasteiger partial charge in [0.15, 0.2) is 0 Å². The highest BCUT2D eigenvalue weighted by Gasteiger charge is 2.20. The predicted octanol–water partition coefficient (Wildman–Crippen LogP) is 1.62. The second kappa shape index (κ2) is 6.81. The molecule has 0 aromatic heterocycles. The molecule has 1 aliphatic rings. The molecule has 92 valence electrons. The molecule has 1 aliphatic heterocycles. The molecule has 2 N–H and O–H groups in total. The number of hydrogen-bond donors (Lipinski definition) is 2. The van der Waals surface area contributed by atoms with Crippen molar-refractivity contribution in [3.63, 3.8) is 0 Å². The van der Waals surface area contributed by atoms with Crippen LogP contribution in [0.15, 0.2) is 16.8 Å². The molecule has 0 aromatic carbocycles. The average molecular weight is 234 g/mol. The van der Waals surface area contributed by atoms with Crippen molar-refractivity contribution in [3.05, 3.63) is 11.8 Å². The van der Waals surface area contributed by atoms with Gasteiger partial charge in [-0.2, -0.15) is 5.26 Å². The van der Waals surface area contributed by atoms with E-state index in [0.717, 1.165) is 18.6 Å². The van der Waals surface area contributed by atoms with Gasteiger partial charge < -0.3 is 10.1 Å². The van der Waals surface area contributed by atoms with Crippen LogP contribution in [0.25, 0.3) is 0 Å². The number of nitriles is 1. The zero-order valence-corrected chi connectivity index (χ0v) is 10.3. The normalized spacial score (nSPS) is 17.2. The number of hydrogen-bond acceptors (Lipinski definition) is 4. The summed E-state index contributed by atoms with van der Waals surface area (Å²) in [6.45, 7) is 5.19. The van der Waals surface area contributed by atoms with Crippen LogP contribution in [0.2, 0.25) is 0 Å². The summed E-state index contributed by atoms with van der Waals surface area (Å²) < 4.78 is 4.99. The lowest BCUT2D eigenvalue weighted by molar-refractivity contribution is 0.00322. The molecule has 0 spiro atoms. The molecular weight excluding hydrogens is 216 g/mol. The van der Waals surface area contributed by atoms with Gasteiger partial charge in [-0.1, -0.05) is 13.3 Å². The van der Waals surface area contributed by atoms with E-state index < -0.39 is 0 Å². The third-order valence-corrected chi connectivity index (χ3v) is 2.40. The molecule has 1 saturated heterocycles. The van der Waals surface area contributed by atoms with Crippen LogP contribution in [0.4, 0.5) is 0 Å². The maximum Gasteiger partial charge on any atom is 0.138 e. The summed E-state index contributed by atoms with van der Waals surface area (Å²) in [6.07, 6.45) is 3.40. The van der Waals surface area contributed by atoms with Crippen molar-refractivity contribution in [2.45, 2.75) is 32.7 Å². The SMILES string of the molecule is CCC/C(C)=N/C=C(/C#N)C(=N)NC1COC1. The fraction of sp³-hybridized carbons (Fsp3) is 0.583. The van der Waals surface area contributed by atoms with Crippen LogP contribution in [0, 0.1) is 16.7 Å². The highest BCUT2D eigenvalue weighted by atomic mass is 16.5. The van der Waals surface area contributed by atoms with E-state index in [2.05, 4.69) is 17.2 Å². The molecule has 0 aliphatic carbocycles. The Morgan fingerprint density at radius 1 is 1.65 bits per heavy atom. The molecule has 0 atom stereocenters. The first-order chi connectivity index (χ1) is 8.17. The Morgan fingerprint density at radius 3 is 2.82 bits per heavy atom. The minimum absolute atomic E-state index is 0.119. The van der Waals surface area contributed by atoms with Crippen LogP contribution in [-0.2, 0) is 4.74 Å². The molecule has 0 amide bonds. The smallest absolute Gasteiger partial charge is 0.138 e. The van der Waals surface area contributed by atoms with Crippen molar-refractivity contribution in [2.24, 2.45) is 4.99 Å². The number of rotatable bonds is 5. The molecule has 5 heteroatoms. The van der Waals surface area contributed by atoms with Crippen LogP contribution < -0.4 is 5.32 Å². The van der Waals surface area contributed by atoms with Gasteiger partial charge in [-0.05, 0) is 13.3 Å². The molecule has 0 radical (unpaired) electrons.